The van der Waals surface area contributed by atoms with Gasteiger partial charge in [-0.1, -0.05) is 0 Å². The van der Waals surface area contributed by atoms with E-state index in [2.05, 4.69) is 0 Å². The number of aliphatic hydroxyl groups excluding tert-OH is 1. The van der Waals surface area contributed by atoms with Crippen LogP contribution < -0.4 is 0 Å². The second-order valence-corrected chi connectivity index (χ2v) is 4.59. The van der Waals surface area contributed by atoms with Gasteiger partial charge in [0.25, 0.3) is 0 Å². The number of ether oxygens (including phenoxy) is 1. The summed E-state index contributed by atoms with van der Waals surface area (Å²) in [7, 11) is 0. The van der Waals surface area contributed by atoms with Gasteiger partial charge in [-0.25, -0.2) is 0 Å². The highest BCUT2D eigenvalue weighted by Crippen LogP contribution is 2.38. The van der Waals surface area contributed by atoms with E-state index in [4.69, 9.17) is 4.74 Å². The van der Waals surface area contributed by atoms with Gasteiger partial charge < -0.3 is 9.84 Å². The number of hydrogen-bond donors (Lipinski definition) is 1. The fraction of sp³-hybridized carbons (Fsp3) is 1.00. The Morgan fingerprint density at radius 3 is 3.09 bits per heavy atom. The first-order valence-corrected chi connectivity index (χ1v) is 5.36. The summed E-state index contributed by atoms with van der Waals surface area (Å²) in [5, 5.41) is 9.45. The van der Waals surface area contributed by atoms with E-state index < -0.39 is 0 Å². The number of rotatable bonds is 0. The first-order chi connectivity index (χ1) is 5.31. The lowest BCUT2D eigenvalue weighted by Crippen LogP contribution is -2.41. The molecule has 2 nitrogen and oxygen atoms in total. The van der Waals surface area contributed by atoms with Crippen molar-refractivity contribution in [3.63, 3.8) is 0 Å². The van der Waals surface area contributed by atoms with E-state index in [1.807, 2.05) is 11.8 Å². The van der Waals surface area contributed by atoms with Crippen molar-refractivity contribution in [2.45, 2.75) is 31.0 Å². The lowest BCUT2D eigenvalue weighted by atomic mass is 9.91. The van der Waals surface area contributed by atoms with Gasteiger partial charge in [-0.3, -0.25) is 0 Å². The first kappa shape index (κ1) is 7.90. The van der Waals surface area contributed by atoms with Crippen LogP contribution in [-0.2, 0) is 4.74 Å². The number of thioether (sulfide) groups is 1. The Labute approximate surface area is 71.3 Å². The van der Waals surface area contributed by atoms with E-state index in [1.165, 1.54) is 5.75 Å². The zero-order valence-corrected chi connectivity index (χ0v) is 7.40. The van der Waals surface area contributed by atoms with Crippen LogP contribution >= 0.6 is 11.8 Å². The van der Waals surface area contributed by atoms with Gasteiger partial charge in [0.2, 0.25) is 0 Å². The lowest BCUT2D eigenvalue weighted by Gasteiger charge is -2.35. The maximum absolute atomic E-state index is 9.45. The van der Waals surface area contributed by atoms with Crippen LogP contribution in [0.5, 0.6) is 0 Å². The van der Waals surface area contributed by atoms with Crippen LogP contribution in [-0.4, -0.2) is 34.9 Å². The average Bonchev–Trinajstić information content (AvgIpc) is 2.37. The van der Waals surface area contributed by atoms with Gasteiger partial charge in [0.1, 0.15) is 0 Å². The highest BCUT2D eigenvalue weighted by molar-refractivity contribution is 7.99. The van der Waals surface area contributed by atoms with Crippen LogP contribution in [0.3, 0.4) is 0 Å². The van der Waals surface area contributed by atoms with Crippen molar-refractivity contribution < 1.29 is 9.84 Å². The summed E-state index contributed by atoms with van der Waals surface area (Å²) in [6.07, 6.45) is 2.71. The smallest absolute Gasteiger partial charge is 0.0804 e. The Kier molecular flexibility index (Phi) is 2.12. The third kappa shape index (κ3) is 1.55. The molecule has 2 aliphatic rings. The van der Waals surface area contributed by atoms with E-state index in [1.54, 1.807) is 0 Å². The molecule has 2 fully saturated rings. The van der Waals surface area contributed by atoms with E-state index in [9.17, 15) is 5.11 Å². The second-order valence-electron chi connectivity index (χ2n) is 3.48. The molecule has 0 saturated carbocycles. The minimum atomic E-state index is -0.109. The van der Waals surface area contributed by atoms with Crippen LogP contribution in [0.1, 0.15) is 19.3 Å². The summed E-state index contributed by atoms with van der Waals surface area (Å²) in [4.78, 5) is 0. The average molecular weight is 174 g/mol. The van der Waals surface area contributed by atoms with Gasteiger partial charge in [0, 0.05) is 18.8 Å². The van der Waals surface area contributed by atoms with Gasteiger partial charge in [0.15, 0.2) is 0 Å². The van der Waals surface area contributed by atoms with Crippen molar-refractivity contribution >= 4 is 11.8 Å². The topological polar surface area (TPSA) is 29.5 Å². The Bertz CT molecular complexity index is 143. The quantitative estimate of drug-likeness (QED) is 0.595. The molecule has 0 bridgehead atoms. The second kappa shape index (κ2) is 2.96. The lowest BCUT2D eigenvalue weighted by molar-refractivity contribution is -0.102. The Hall–Kier alpha value is 0.270. The van der Waals surface area contributed by atoms with Gasteiger partial charge in [-0.2, -0.15) is 11.8 Å². The molecule has 0 aromatic rings. The molecular weight excluding hydrogens is 160 g/mol. The van der Waals surface area contributed by atoms with Crippen LogP contribution in [0.25, 0.3) is 0 Å². The molecule has 0 aromatic heterocycles. The molecule has 0 aromatic carbocycles. The SMILES string of the molecule is OC1CCOC2(CCSC2)C1. The fourth-order valence-corrected chi connectivity index (χ4v) is 3.24. The van der Waals surface area contributed by atoms with Crippen LogP contribution in [0.2, 0.25) is 0 Å². The van der Waals surface area contributed by atoms with E-state index >= 15 is 0 Å². The minimum absolute atomic E-state index is 0.0579. The minimum Gasteiger partial charge on any atom is -0.393 e. The van der Waals surface area contributed by atoms with E-state index in [0.717, 1.165) is 31.6 Å². The summed E-state index contributed by atoms with van der Waals surface area (Å²) >= 11 is 1.95. The molecule has 11 heavy (non-hydrogen) atoms. The molecule has 2 atom stereocenters. The molecule has 3 heteroatoms. The fourth-order valence-electron chi connectivity index (χ4n) is 1.87. The third-order valence-corrected chi connectivity index (χ3v) is 3.76. The molecule has 0 radical (unpaired) electrons. The monoisotopic (exact) mass is 174 g/mol. The summed E-state index contributed by atoms with van der Waals surface area (Å²) in [6.45, 7) is 0.752. The van der Waals surface area contributed by atoms with Gasteiger partial charge in [-0.15, -0.1) is 0 Å². The molecular formula is C8H14O2S. The van der Waals surface area contributed by atoms with Crippen molar-refractivity contribution in [3.05, 3.63) is 0 Å². The molecule has 2 heterocycles. The van der Waals surface area contributed by atoms with Gasteiger partial charge >= 0.3 is 0 Å². The molecule has 64 valence electrons. The zero-order chi connectivity index (χ0) is 7.73. The zero-order valence-electron chi connectivity index (χ0n) is 6.58. The Morgan fingerprint density at radius 2 is 2.45 bits per heavy atom. The summed E-state index contributed by atoms with van der Waals surface area (Å²) in [5.74, 6) is 2.29. The summed E-state index contributed by atoms with van der Waals surface area (Å²) in [5.41, 5.74) is 0.0579. The first-order valence-electron chi connectivity index (χ1n) is 4.21. The highest BCUT2D eigenvalue weighted by atomic mass is 32.2. The summed E-state index contributed by atoms with van der Waals surface area (Å²) in [6, 6.07) is 0. The Balaban J connectivity index is 2.00. The van der Waals surface area contributed by atoms with Crippen molar-refractivity contribution in [2.75, 3.05) is 18.1 Å². The predicted octanol–water partition coefficient (Wildman–Crippen LogP) is 1.03. The normalized spacial score (nSPS) is 45.0. The molecule has 1 N–H and O–H groups in total. The van der Waals surface area contributed by atoms with Crippen LogP contribution in [0.15, 0.2) is 0 Å². The number of aliphatic hydroxyl groups is 1. The summed E-state index contributed by atoms with van der Waals surface area (Å²) < 4.78 is 5.72. The van der Waals surface area contributed by atoms with E-state index in [0.29, 0.717) is 0 Å². The van der Waals surface area contributed by atoms with Gasteiger partial charge in [0.05, 0.1) is 11.7 Å². The predicted molar refractivity (Wildman–Crippen MR) is 45.9 cm³/mol. The van der Waals surface area contributed by atoms with Crippen molar-refractivity contribution in [2.24, 2.45) is 0 Å². The molecule has 2 unspecified atom stereocenters. The third-order valence-electron chi connectivity index (χ3n) is 2.53. The molecule has 1 spiro atoms. The van der Waals surface area contributed by atoms with Crippen molar-refractivity contribution in [1.29, 1.82) is 0 Å². The van der Waals surface area contributed by atoms with Crippen molar-refractivity contribution in [3.8, 4) is 0 Å². The highest BCUT2D eigenvalue weighted by Gasteiger charge is 2.39. The molecule has 2 rings (SSSR count). The largest absolute Gasteiger partial charge is 0.393 e. The van der Waals surface area contributed by atoms with Crippen molar-refractivity contribution in [1.82, 2.24) is 0 Å². The maximum Gasteiger partial charge on any atom is 0.0804 e. The van der Waals surface area contributed by atoms with Gasteiger partial charge in [-0.05, 0) is 18.6 Å². The molecule has 0 aliphatic carbocycles. The Morgan fingerprint density at radius 1 is 1.55 bits per heavy atom. The molecule has 2 saturated heterocycles. The van der Waals surface area contributed by atoms with Crippen LogP contribution in [0, 0.1) is 0 Å². The molecule has 2 aliphatic heterocycles. The van der Waals surface area contributed by atoms with E-state index in [-0.39, 0.29) is 11.7 Å². The standard InChI is InChI=1S/C8H14O2S/c9-7-1-3-10-8(5-7)2-4-11-6-8/h7,9H,1-6H2. The number of hydrogen-bond acceptors (Lipinski definition) is 3. The molecule has 0 amide bonds. The maximum atomic E-state index is 9.45. The van der Waals surface area contributed by atoms with Crippen LogP contribution in [0.4, 0.5) is 0 Å².